The number of ether oxygens (including phenoxy) is 2. The lowest BCUT2D eigenvalue weighted by Crippen LogP contribution is -2.43. The molecule has 0 bridgehead atoms. The second kappa shape index (κ2) is 7.64. The predicted molar refractivity (Wildman–Crippen MR) is 101 cm³/mol. The molecule has 1 aliphatic carbocycles. The highest BCUT2D eigenvalue weighted by atomic mass is 19.1. The van der Waals surface area contributed by atoms with Crippen LogP contribution in [-0.2, 0) is 11.2 Å². The summed E-state index contributed by atoms with van der Waals surface area (Å²) in [5.41, 5.74) is 7.79. The molecule has 7 nitrogen and oxygen atoms in total. The third-order valence-electron chi connectivity index (χ3n) is 5.16. The number of methoxy groups -OCH3 is 1. The van der Waals surface area contributed by atoms with E-state index in [1.807, 2.05) is 6.92 Å². The lowest BCUT2D eigenvalue weighted by atomic mass is 9.91. The number of nitrogens with two attached hydrogens (primary N) is 2. The van der Waals surface area contributed by atoms with Crippen molar-refractivity contribution in [1.29, 1.82) is 0 Å². The van der Waals surface area contributed by atoms with Gasteiger partial charge >= 0.3 is 6.09 Å². The molecule has 1 atom stereocenters. The summed E-state index contributed by atoms with van der Waals surface area (Å²) in [5.74, 6) is 5.67. The molecule has 8 heteroatoms. The Bertz CT molecular complexity index is 762. The first-order valence-corrected chi connectivity index (χ1v) is 9.17. The van der Waals surface area contributed by atoms with Crippen molar-refractivity contribution in [1.82, 2.24) is 5.01 Å². The van der Waals surface area contributed by atoms with E-state index in [9.17, 15) is 4.79 Å². The first-order valence-electron chi connectivity index (χ1n) is 9.17. The van der Waals surface area contributed by atoms with Crippen LogP contribution in [0.25, 0.3) is 5.70 Å². The smallest absolute Gasteiger partial charge is 0.414 e. The van der Waals surface area contributed by atoms with Gasteiger partial charge in [-0.15, -0.1) is 0 Å². The van der Waals surface area contributed by atoms with Gasteiger partial charge in [-0.25, -0.2) is 15.0 Å². The van der Waals surface area contributed by atoms with Crippen molar-refractivity contribution in [2.24, 2.45) is 11.6 Å². The molecule has 1 fully saturated rings. The fraction of sp³-hybridized carbons (Fsp3) is 0.526. The maximum absolute atomic E-state index is 15.1. The Hall–Kier alpha value is -2.48. The first kappa shape index (κ1) is 19.3. The van der Waals surface area contributed by atoms with Crippen molar-refractivity contribution >= 4 is 17.5 Å². The average Bonchev–Trinajstić information content (AvgIpc) is 2.57. The topological polar surface area (TPSA) is 94.1 Å². The Balaban J connectivity index is 2.17. The summed E-state index contributed by atoms with van der Waals surface area (Å²) in [5, 5.41) is 1.31. The molecule has 148 valence electrons. The Morgan fingerprint density at radius 2 is 2.11 bits per heavy atom. The molecule has 0 aromatic heterocycles. The van der Waals surface area contributed by atoms with Gasteiger partial charge in [-0.1, -0.05) is 0 Å². The minimum absolute atomic E-state index is 0.0765. The van der Waals surface area contributed by atoms with E-state index in [-0.39, 0.29) is 17.8 Å². The van der Waals surface area contributed by atoms with Crippen LogP contribution in [0.5, 0.6) is 5.75 Å². The molecule has 4 N–H and O–H groups in total. The van der Waals surface area contributed by atoms with Crippen LogP contribution >= 0.6 is 0 Å². The molecule has 1 aliphatic heterocycles. The maximum atomic E-state index is 15.1. The van der Waals surface area contributed by atoms with Gasteiger partial charge in [0.05, 0.1) is 24.6 Å². The van der Waals surface area contributed by atoms with Gasteiger partial charge in [-0.3, -0.25) is 4.90 Å². The van der Waals surface area contributed by atoms with Gasteiger partial charge < -0.3 is 20.2 Å². The molecule has 1 amide bonds. The summed E-state index contributed by atoms with van der Waals surface area (Å²) in [6.07, 6.45) is 5.26. The zero-order chi connectivity index (χ0) is 19.7. The zero-order valence-corrected chi connectivity index (χ0v) is 16.0. The molecule has 1 unspecified atom stereocenters. The molecular weight excluding hydrogens is 351 g/mol. The summed E-state index contributed by atoms with van der Waals surface area (Å²) in [6.45, 7) is 1.87. The highest BCUT2D eigenvalue weighted by Gasteiger charge is 2.36. The van der Waals surface area contributed by atoms with Crippen LogP contribution in [0.2, 0.25) is 0 Å². The third-order valence-corrected chi connectivity index (χ3v) is 5.16. The molecule has 0 spiro atoms. The van der Waals surface area contributed by atoms with Gasteiger partial charge in [-0.2, -0.15) is 0 Å². The number of halogens is 1. The molecule has 3 rings (SSSR count). The van der Waals surface area contributed by atoms with E-state index in [1.165, 1.54) is 29.3 Å². The van der Waals surface area contributed by atoms with E-state index in [0.29, 0.717) is 35.4 Å². The van der Waals surface area contributed by atoms with E-state index in [1.54, 1.807) is 7.05 Å². The van der Waals surface area contributed by atoms with Gasteiger partial charge in [0.2, 0.25) is 0 Å². The highest BCUT2D eigenvalue weighted by Crippen LogP contribution is 2.44. The number of amides is 1. The van der Waals surface area contributed by atoms with Gasteiger partial charge in [0, 0.05) is 30.4 Å². The fourth-order valence-corrected chi connectivity index (χ4v) is 3.53. The fourth-order valence-electron chi connectivity index (χ4n) is 3.53. The molecule has 0 radical (unpaired) electrons. The average molecular weight is 378 g/mol. The van der Waals surface area contributed by atoms with Crippen LogP contribution in [0.15, 0.2) is 12.3 Å². The number of hydrazine groups is 1. The summed E-state index contributed by atoms with van der Waals surface area (Å²) < 4.78 is 26.2. The van der Waals surface area contributed by atoms with E-state index >= 15 is 4.39 Å². The number of fused-ring (bicyclic) bond motifs is 1. The molecule has 0 saturated heterocycles. The molecular formula is C19H27FN4O3. The summed E-state index contributed by atoms with van der Waals surface area (Å²) in [7, 11) is 2.92. The number of anilines is 1. The normalized spacial score (nSPS) is 20.0. The second-order valence-corrected chi connectivity index (χ2v) is 7.21. The van der Waals surface area contributed by atoms with Gasteiger partial charge in [-0.05, 0) is 45.1 Å². The molecule has 1 aromatic carbocycles. The Kier molecular flexibility index (Phi) is 5.46. The number of hydrogen-bond donors (Lipinski definition) is 2. The van der Waals surface area contributed by atoms with Crippen molar-refractivity contribution < 1.29 is 18.7 Å². The molecule has 2 aliphatic rings. The van der Waals surface area contributed by atoms with E-state index in [0.717, 1.165) is 19.3 Å². The maximum Gasteiger partial charge on any atom is 0.414 e. The standard InChI is InChI=1S/C19H27FN4O3/c1-11-7-8-13-17(24(11)19(25)26-3)15(20)9-14(16(21)10-23(2)22)18(13)27-12-5-4-6-12/h9-12H,4-8,21-22H2,1-3H3/b16-10-. The van der Waals surface area contributed by atoms with Crippen molar-refractivity contribution in [3.63, 3.8) is 0 Å². The Labute approximate surface area is 158 Å². The lowest BCUT2D eigenvalue weighted by Gasteiger charge is -2.37. The summed E-state index contributed by atoms with van der Waals surface area (Å²) >= 11 is 0. The minimum atomic E-state index is -0.588. The number of benzene rings is 1. The summed E-state index contributed by atoms with van der Waals surface area (Å²) in [4.78, 5) is 13.7. The largest absolute Gasteiger partial charge is 0.489 e. The van der Waals surface area contributed by atoms with Gasteiger partial charge in [0.15, 0.2) is 0 Å². The number of hydrogen-bond acceptors (Lipinski definition) is 6. The number of carbonyl (C=O) groups excluding carboxylic acids is 1. The zero-order valence-electron chi connectivity index (χ0n) is 16.0. The second-order valence-electron chi connectivity index (χ2n) is 7.21. The van der Waals surface area contributed by atoms with Crippen LogP contribution in [0.1, 0.15) is 43.7 Å². The van der Waals surface area contributed by atoms with Gasteiger partial charge in [0.25, 0.3) is 0 Å². The Morgan fingerprint density at radius 3 is 2.67 bits per heavy atom. The Morgan fingerprint density at radius 1 is 1.41 bits per heavy atom. The van der Waals surface area contributed by atoms with E-state index in [4.69, 9.17) is 21.1 Å². The van der Waals surface area contributed by atoms with Crippen molar-refractivity contribution in [3.05, 3.63) is 29.2 Å². The van der Waals surface area contributed by atoms with Crippen LogP contribution in [0, 0.1) is 5.82 Å². The molecule has 27 heavy (non-hydrogen) atoms. The third kappa shape index (κ3) is 3.66. The van der Waals surface area contributed by atoms with Gasteiger partial charge in [0.1, 0.15) is 11.6 Å². The van der Waals surface area contributed by atoms with Crippen LogP contribution in [0.3, 0.4) is 0 Å². The molecule has 1 saturated carbocycles. The summed E-state index contributed by atoms with van der Waals surface area (Å²) in [6, 6.07) is 1.14. The quantitative estimate of drug-likeness (QED) is 0.618. The molecule has 1 heterocycles. The van der Waals surface area contributed by atoms with E-state index in [2.05, 4.69) is 0 Å². The monoisotopic (exact) mass is 378 g/mol. The van der Waals surface area contributed by atoms with Crippen LogP contribution in [-0.4, -0.2) is 37.4 Å². The first-order chi connectivity index (χ1) is 12.8. The minimum Gasteiger partial charge on any atom is -0.489 e. The van der Waals surface area contributed by atoms with Crippen molar-refractivity contribution in [3.8, 4) is 5.75 Å². The van der Waals surface area contributed by atoms with Crippen LogP contribution < -0.4 is 21.2 Å². The predicted octanol–water partition coefficient (Wildman–Crippen LogP) is 2.73. The number of nitrogens with zero attached hydrogens (tertiary/aromatic N) is 2. The van der Waals surface area contributed by atoms with E-state index < -0.39 is 11.9 Å². The van der Waals surface area contributed by atoms with Crippen molar-refractivity contribution in [2.75, 3.05) is 19.1 Å². The molecule has 1 aromatic rings. The number of carbonyl (C=O) groups is 1. The number of rotatable bonds is 4. The lowest BCUT2D eigenvalue weighted by molar-refractivity contribution is 0.118. The highest BCUT2D eigenvalue weighted by molar-refractivity contribution is 5.92. The SMILES string of the molecule is COC(=O)N1c2c(F)cc(/C(N)=C/N(C)N)c(OC3CCC3)c2CCC1C. The van der Waals surface area contributed by atoms with Crippen molar-refractivity contribution in [2.45, 2.75) is 51.2 Å². The van der Waals surface area contributed by atoms with Crippen LogP contribution in [0.4, 0.5) is 14.9 Å².